The number of nitrogens with zero attached hydrogens (tertiary/aromatic N) is 3. The van der Waals surface area contributed by atoms with Crippen molar-refractivity contribution in [2.24, 2.45) is 0 Å². The van der Waals surface area contributed by atoms with Crippen LogP contribution in [0.1, 0.15) is 5.69 Å². The van der Waals surface area contributed by atoms with E-state index in [1.54, 1.807) is 0 Å². The molecule has 8 heteroatoms. The van der Waals surface area contributed by atoms with Crippen LogP contribution in [0.25, 0.3) is 11.0 Å². The first-order chi connectivity index (χ1) is 7.97. The Labute approximate surface area is 97.3 Å². The van der Waals surface area contributed by atoms with Gasteiger partial charge in [0.1, 0.15) is 5.52 Å². The molecule has 0 saturated heterocycles. The molecule has 1 aromatic heterocycles. The minimum absolute atomic E-state index is 0.00758. The van der Waals surface area contributed by atoms with Crippen LogP contribution in [0.2, 0.25) is 5.15 Å². The van der Waals surface area contributed by atoms with Crippen molar-refractivity contribution in [3.63, 3.8) is 0 Å². The topological polar surface area (TPSA) is 74.8 Å². The fourth-order valence-electron chi connectivity index (χ4n) is 1.35. The summed E-state index contributed by atoms with van der Waals surface area (Å²) in [6.07, 6.45) is 0. The van der Waals surface area contributed by atoms with Crippen molar-refractivity contribution >= 4 is 22.6 Å². The predicted octanol–water partition coefficient (Wildman–Crippen LogP) is 1.70. The van der Waals surface area contributed by atoms with Gasteiger partial charge in [-0.1, -0.05) is 11.6 Å². The van der Waals surface area contributed by atoms with E-state index < -0.39 is 33.5 Å². The van der Waals surface area contributed by atoms with Gasteiger partial charge in [0.15, 0.2) is 22.9 Å². The van der Waals surface area contributed by atoms with Crippen LogP contribution >= 0.6 is 11.6 Å². The number of hydrogen-bond donors (Lipinski definition) is 0. The molecule has 0 amide bonds. The van der Waals surface area contributed by atoms with Gasteiger partial charge >= 0.3 is 5.69 Å². The lowest BCUT2D eigenvalue weighted by atomic mass is 10.2. The highest BCUT2D eigenvalue weighted by Gasteiger charge is 2.22. The first-order valence-corrected chi connectivity index (χ1v) is 4.58. The molecule has 0 fully saturated rings. The summed E-state index contributed by atoms with van der Waals surface area (Å²) >= 11 is 5.46. The molecule has 0 saturated carbocycles. The molecule has 1 heterocycles. The maximum atomic E-state index is 12.9. The molecule has 0 aliphatic carbocycles. The van der Waals surface area contributed by atoms with Gasteiger partial charge in [-0.25, -0.2) is 8.78 Å². The van der Waals surface area contributed by atoms with Gasteiger partial charge in [-0.15, -0.1) is 0 Å². The van der Waals surface area contributed by atoms with E-state index in [9.17, 15) is 18.9 Å². The van der Waals surface area contributed by atoms with E-state index in [-0.39, 0.29) is 9.16 Å². The van der Waals surface area contributed by atoms with Gasteiger partial charge < -0.3 is 9.94 Å². The molecule has 0 unspecified atom stereocenters. The largest absolute Gasteiger partial charge is 0.804 e. The first kappa shape index (κ1) is 11.3. The molecule has 0 atom stereocenters. The predicted molar refractivity (Wildman–Crippen MR) is 53.7 cm³/mol. The van der Waals surface area contributed by atoms with E-state index in [2.05, 4.69) is 0 Å². The number of nitriles is 1. The Bertz CT molecular complexity index is 736. The molecule has 0 aliphatic heterocycles. The highest BCUT2D eigenvalue weighted by Crippen LogP contribution is 2.20. The van der Waals surface area contributed by atoms with Crippen molar-refractivity contribution < 1.29 is 13.2 Å². The summed E-state index contributed by atoms with van der Waals surface area (Å²) in [7, 11) is 0. The zero-order valence-corrected chi connectivity index (χ0v) is 8.70. The molecular formula is C9H2ClF2N3O2. The number of fused-ring (bicyclic) bond motifs is 1. The Morgan fingerprint density at radius 2 is 2.00 bits per heavy atom. The minimum atomic E-state index is -1.30. The maximum absolute atomic E-state index is 12.9. The van der Waals surface area contributed by atoms with Crippen LogP contribution in [0.15, 0.2) is 12.1 Å². The van der Waals surface area contributed by atoms with Crippen LogP contribution in [0.5, 0.6) is 0 Å². The minimum Gasteiger partial charge on any atom is -0.804 e. The molecular weight excluding hydrogens is 256 g/mol. The van der Waals surface area contributed by atoms with Crippen LogP contribution in [-0.2, 0) is 0 Å². The van der Waals surface area contributed by atoms with Crippen molar-refractivity contribution in [1.82, 2.24) is 4.73 Å². The van der Waals surface area contributed by atoms with Crippen LogP contribution in [0.3, 0.4) is 0 Å². The Morgan fingerprint density at radius 3 is 2.59 bits per heavy atom. The third-order valence-electron chi connectivity index (χ3n) is 2.14. The van der Waals surface area contributed by atoms with Gasteiger partial charge in [0.2, 0.25) is 0 Å². The van der Waals surface area contributed by atoms with Crippen molar-refractivity contribution in [2.45, 2.75) is 0 Å². The zero-order valence-electron chi connectivity index (χ0n) is 7.95. The Balaban J connectivity index is 3.11. The summed E-state index contributed by atoms with van der Waals surface area (Å²) in [5, 5.41) is 19.5. The monoisotopic (exact) mass is 257 g/mol. The van der Waals surface area contributed by atoms with Crippen LogP contribution in [0.4, 0.5) is 8.78 Å². The first-order valence-electron chi connectivity index (χ1n) is 4.20. The smallest absolute Gasteiger partial charge is 0.374 e. The molecule has 0 radical (unpaired) electrons. The van der Waals surface area contributed by atoms with E-state index in [4.69, 9.17) is 16.9 Å². The lowest BCUT2D eigenvalue weighted by Gasteiger charge is -2.13. The Kier molecular flexibility index (Phi) is 2.44. The average Bonchev–Trinajstić information content (AvgIpc) is 2.30. The molecule has 86 valence electrons. The third-order valence-corrected chi connectivity index (χ3v) is 2.47. The number of hydrogen-bond acceptors (Lipinski definition) is 3. The molecule has 17 heavy (non-hydrogen) atoms. The lowest BCUT2D eigenvalue weighted by Crippen LogP contribution is -2.24. The SMILES string of the molecule is N#Cc1c(Cl)n([O-])c2cc(F)c(F)cc2[n+]1=O. The molecule has 0 aliphatic rings. The summed E-state index contributed by atoms with van der Waals surface area (Å²) in [4.78, 5) is 11.6. The molecule has 2 rings (SSSR count). The van der Waals surface area contributed by atoms with Gasteiger partial charge in [-0.3, -0.25) is 0 Å². The molecule has 0 N–H and O–H groups in total. The lowest BCUT2D eigenvalue weighted by molar-refractivity contribution is -0.468. The van der Waals surface area contributed by atoms with E-state index in [0.29, 0.717) is 12.1 Å². The molecule has 2 aromatic rings. The standard InChI is InChI=1S/C9H2ClF2N3O2/c10-9-8(3-13)14(16)6-1-4(11)5(12)2-7(6)15(9)17/h1-2H. The summed E-state index contributed by atoms with van der Waals surface area (Å²) in [5.74, 6) is -2.59. The quantitative estimate of drug-likeness (QED) is 0.674. The van der Waals surface area contributed by atoms with Crippen molar-refractivity contribution in [2.75, 3.05) is 0 Å². The number of benzene rings is 1. The van der Waals surface area contributed by atoms with Gasteiger partial charge in [0.05, 0.1) is 10.5 Å². The van der Waals surface area contributed by atoms with E-state index in [1.165, 1.54) is 6.07 Å². The van der Waals surface area contributed by atoms with Crippen LogP contribution in [0, 0.1) is 33.1 Å². The number of aromatic nitrogens is 2. The molecule has 1 aromatic carbocycles. The average molecular weight is 258 g/mol. The third kappa shape index (κ3) is 1.50. The second-order valence-corrected chi connectivity index (χ2v) is 3.45. The van der Waals surface area contributed by atoms with E-state index in [1.807, 2.05) is 0 Å². The highest BCUT2D eigenvalue weighted by atomic mass is 35.5. The summed E-state index contributed by atoms with van der Waals surface area (Å²) < 4.78 is 25.8. The second kappa shape index (κ2) is 3.68. The van der Waals surface area contributed by atoms with Crippen molar-refractivity contribution in [3.8, 4) is 6.07 Å². The summed E-state index contributed by atoms with van der Waals surface area (Å²) in [6.45, 7) is 0. The highest BCUT2D eigenvalue weighted by molar-refractivity contribution is 6.30. The van der Waals surface area contributed by atoms with E-state index in [0.717, 1.165) is 0 Å². The zero-order chi connectivity index (χ0) is 12.7. The fraction of sp³-hybridized carbons (Fsp3) is 0. The fourth-order valence-corrected chi connectivity index (χ4v) is 1.56. The second-order valence-electron chi connectivity index (χ2n) is 3.10. The summed E-state index contributed by atoms with van der Waals surface area (Å²) in [5.41, 5.74) is -1.61. The summed E-state index contributed by atoms with van der Waals surface area (Å²) in [6, 6.07) is 2.48. The number of rotatable bonds is 0. The van der Waals surface area contributed by atoms with Crippen LogP contribution in [-0.4, -0.2) is 4.73 Å². The Hall–Kier alpha value is -2.20. The van der Waals surface area contributed by atoms with Gasteiger partial charge in [0.25, 0.3) is 5.52 Å². The van der Waals surface area contributed by atoms with Gasteiger partial charge in [-0.05, 0) is 0 Å². The number of halogens is 3. The molecule has 5 nitrogen and oxygen atoms in total. The van der Waals surface area contributed by atoms with Crippen LogP contribution < -0.4 is 4.43 Å². The van der Waals surface area contributed by atoms with Gasteiger partial charge in [-0.2, -0.15) is 5.26 Å². The molecule has 0 spiro atoms. The van der Waals surface area contributed by atoms with Crippen molar-refractivity contribution in [3.05, 3.63) is 44.7 Å². The van der Waals surface area contributed by atoms with Crippen molar-refractivity contribution in [1.29, 1.82) is 5.26 Å². The normalized spacial score (nSPS) is 10.5. The van der Waals surface area contributed by atoms with Gasteiger partial charge in [0, 0.05) is 11.0 Å². The molecule has 0 bridgehead atoms. The Morgan fingerprint density at radius 1 is 1.41 bits per heavy atom. The maximum Gasteiger partial charge on any atom is 0.374 e. The van der Waals surface area contributed by atoms with E-state index >= 15 is 0 Å².